The van der Waals surface area contributed by atoms with Crippen LogP contribution in [-0.4, -0.2) is 11.6 Å². The molecule has 0 fully saturated rings. The zero-order valence-electron chi connectivity index (χ0n) is 10.9. The molecule has 0 aromatic heterocycles. The van der Waals surface area contributed by atoms with E-state index in [1.54, 1.807) is 24.3 Å². The Morgan fingerprint density at radius 2 is 1.43 bits per heavy atom. The van der Waals surface area contributed by atoms with Gasteiger partial charge < -0.3 is 0 Å². The van der Waals surface area contributed by atoms with E-state index in [-0.39, 0.29) is 11.6 Å². The van der Waals surface area contributed by atoms with Crippen molar-refractivity contribution in [1.29, 1.82) is 0 Å². The van der Waals surface area contributed by atoms with Crippen LogP contribution in [-0.2, 0) is 0 Å². The molecular weight excluding hydrogens is 328 g/mol. The molecule has 0 saturated carbocycles. The van der Waals surface area contributed by atoms with E-state index in [2.05, 4.69) is 15.9 Å². The molecule has 0 atom stereocenters. The van der Waals surface area contributed by atoms with Gasteiger partial charge in [-0.05, 0) is 22.9 Å². The number of hydrogen-bond donors (Lipinski definition) is 0. The molecule has 3 aromatic carbocycles. The number of benzene rings is 3. The SMILES string of the molecule is O=C1c2cccc(Br)c2C(=O)c2c1ccc1ccccc21. The van der Waals surface area contributed by atoms with E-state index in [1.807, 2.05) is 30.3 Å². The number of hydrogen-bond acceptors (Lipinski definition) is 2. The molecule has 3 aromatic rings. The Morgan fingerprint density at radius 3 is 2.29 bits per heavy atom. The molecule has 4 rings (SSSR count). The van der Waals surface area contributed by atoms with Crippen molar-refractivity contribution in [1.82, 2.24) is 0 Å². The lowest BCUT2D eigenvalue weighted by molar-refractivity contribution is 0.0980. The average Bonchev–Trinajstić information content (AvgIpc) is 2.51. The normalized spacial score (nSPS) is 13.2. The first-order chi connectivity index (χ1) is 10.2. The van der Waals surface area contributed by atoms with Gasteiger partial charge in [0.25, 0.3) is 0 Å². The van der Waals surface area contributed by atoms with Crippen molar-refractivity contribution in [2.24, 2.45) is 0 Å². The van der Waals surface area contributed by atoms with Crippen LogP contribution in [0.5, 0.6) is 0 Å². The highest BCUT2D eigenvalue weighted by molar-refractivity contribution is 9.10. The quantitative estimate of drug-likeness (QED) is 0.477. The minimum Gasteiger partial charge on any atom is -0.289 e. The van der Waals surface area contributed by atoms with Crippen LogP contribution in [0.1, 0.15) is 31.8 Å². The summed E-state index contributed by atoms with van der Waals surface area (Å²) in [6.45, 7) is 0. The smallest absolute Gasteiger partial charge is 0.196 e. The Kier molecular flexibility index (Phi) is 2.59. The van der Waals surface area contributed by atoms with Crippen LogP contribution >= 0.6 is 15.9 Å². The summed E-state index contributed by atoms with van der Waals surface area (Å²) in [7, 11) is 0. The number of fused-ring (bicyclic) bond motifs is 4. The summed E-state index contributed by atoms with van der Waals surface area (Å²) in [5.41, 5.74) is 1.94. The zero-order valence-corrected chi connectivity index (χ0v) is 12.5. The number of carbonyl (C=O) groups is 2. The third kappa shape index (κ3) is 1.64. The van der Waals surface area contributed by atoms with Crippen LogP contribution in [0.2, 0.25) is 0 Å². The van der Waals surface area contributed by atoms with Crippen molar-refractivity contribution in [3.8, 4) is 0 Å². The van der Waals surface area contributed by atoms with Crippen molar-refractivity contribution >= 4 is 38.3 Å². The fourth-order valence-corrected chi connectivity index (χ4v) is 3.47. The highest BCUT2D eigenvalue weighted by Crippen LogP contribution is 2.35. The monoisotopic (exact) mass is 336 g/mol. The summed E-state index contributed by atoms with van der Waals surface area (Å²) in [4.78, 5) is 25.6. The van der Waals surface area contributed by atoms with Crippen LogP contribution in [0, 0.1) is 0 Å². The number of ketones is 2. The van der Waals surface area contributed by atoms with E-state index >= 15 is 0 Å². The van der Waals surface area contributed by atoms with Gasteiger partial charge in [0, 0.05) is 26.7 Å². The summed E-state index contributed by atoms with van der Waals surface area (Å²) < 4.78 is 0.664. The van der Waals surface area contributed by atoms with Gasteiger partial charge in [-0.1, -0.05) is 58.4 Å². The molecule has 0 saturated heterocycles. The Morgan fingerprint density at radius 1 is 0.667 bits per heavy atom. The summed E-state index contributed by atoms with van der Waals surface area (Å²) in [5.74, 6) is -0.185. The third-order valence-electron chi connectivity index (χ3n) is 3.89. The molecule has 2 nitrogen and oxygen atoms in total. The maximum atomic E-state index is 12.9. The first-order valence-corrected chi connectivity index (χ1v) is 7.37. The molecular formula is C18H9BrO2. The van der Waals surface area contributed by atoms with Gasteiger partial charge in [-0.3, -0.25) is 9.59 Å². The van der Waals surface area contributed by atoms with Crippen molar-refractivity contribution in [3.63, 3.8) is 0 Å². The highest BCUT2D eigenvalue weighted by atomic mass is 79.9. The second-order valence-electron chi connectivity index (χ2n) is 5.03. The Labute approximate surface area is 129 Å². The fourth-order valence-electron chi connectivity index (χ4n) is 2.92. The summed E-state index contributed by atoms with van der Waals surface area (Å²) in [6.07, 6.45) is 0. The summed E-state index contributed by atoms with van der Waals surface area (Å²) in [6, 6.07) is 16.6. The topological polar surface area (TPSA) is 34.1 Å². The van der Waals surface area contributed by atoms with Crippen LogP contribution in [0.25, 0.3) is 10.8 Å². The second-order valence-corrected chi connectivity index (χ2v) is 5.88. The van der Waals surface area contributed by atoms with Gasteiger partial charge in [0.15, 0.2) is 11.6 Å². The molecule has 0 spiro atoms. The predicted molar refractivity (Wildman–Crippen MR) is 85.0 cm³/mol. The molecule has 100 valence electrons. The van der Waals surface area contributed by atoms with Gasteiger partial charge in [0.05, 0.1) is 0 Å². The van der Waals surface area contributed by atoms with E-state index in [0.717, 1.165) is 10.8 Å². The molecule has 21 heavy (non-hydrogen) atoms. The van der Waals surface area contributed by atoms with Gasteiger partial charge in [-0.25, -0.2) is 0 Å². The number of rotatable bonds is 0. The van der Waals surface area contributed by atoms with Gasteiger partial charge in [0.1, 0.15) is 0 Å². The van der Waals surface area contributed by atoms with Crippen molar-refractivity contribution in [2.45, 2.75) is 0 Å². The highest BCUT2D eigenvalue weighted by Gasteiger charge is 2.32. The lowest BCUT2D eigenvalue weighted by Gasteiger charge is -2.20. The van der Waals surface area contributed by atoms with E-state index in [1.165, 1.54) is 0 Å². The van der Waals surface area contributed by atoms with Crippen molar-refractivity contribution in [2.75, 3.05) is 0 Å². The zero-order chi connectivity index (χ0) is 14.6. The molecule has 0 radical (unpaired) electrons. The molecule has 0 aliphatic heterocycles. The molecule has 1 aliphatic rings. The predicted octanol–water partition coefficient (Wildman–Crippen LogP) is 4.38. The number of halogens is 1. The van der Waals surface area contributed by atoms with E-state index < -0.39 is 0 Å². The molecule has 0 unspecified atom stereocenters. The minimum atomic E-state index is -0.0936. The van der Waals surface area contributed by atoms with Gasteiger partial charge in [-0.15, -0.1) is 0 Å². The van der Waals surface area contributed by atoms with Crippen LogP contribution < -0.4 is 0 Å². The summed E-state index contributed by atoms with van der Waals surface area (Å²) >= 11 is 3.39. The van der Waals surface area contributed by atoms with Crippen LogP contribution in [0.3, 0.4) is 0 Å². The second kappa shape index (κ2) is 4.37. The number of carbonyl (C=O) groups excluding carboxylic acids is 2. The average molecular weight is 337 g/mol. The standard InChI is InChI=1S/C18H9BrO2/c19-14-7-3-6-12-16(14)18(21)15-11-5-2-1-4-10(11)8-9-13(15)17(12)20/h1-9H. The van der Waals surface area contributed by atoms with Gasteiger partial charge in [-0.2, -0.15) is 0 Å². The first kappa shape index (κ1) is 12.5. The first-order valence-electron chi connectivity index (χ1n) is 6.58. The van der Waals surface area contributed by atoms with E-state index in [9.17, 15) is 9.59 Å². The third-order valence-corrected chi connectivity index (χ3v) is 4.55. The lowest BCUT2D eigenvalue weighted by Crippen LogP contribution is -2.21. The lowest BCUT2D eigenvalue weighted by atomic mass is 9.82. The molecule has 1 aliphatic carbocycles. The van der Waals surface area contributed by atoms with Crippen molar-refractivity contribution < 1.29 is 9.59 Å². The fraction of sp³-hybridized carbons (Fsp3) is 0. The Balaban J connectivity index is 2.15. The molecule has 0 amide bonds. The van der Waals surface area contributed by atoms with Crippen LogP contribution in [0.15, 0.2) is 59.1 Å². The van der Waals surface area contributed by atoms with E-state index in [4.69, 9.17) is 0 Å². The summed E-state index contributed by atoms with van der Waals surface area (Å²) in [5, 5.41) is 1.79. The van der Waals surface area contributed by atoms with E-state index in [0.29, 0.717) is 26.7 Å². The van der Waals surface area contributed by atoms with Gasteiger partial charge in [0.2, 0.25) is 0 Å². The Bertz CT molecular complexity index is 941. The molecule has 0 heterocycles. The van der Waals surface area contributed by atoms with Crippen LogP contribution in [0.4, 0.5) is 0 Å². The van der Waals surface area contributed by atoms with Crippen molar-refractivity contribution in [3.05, 3.63) is 81.3 Å². The Hall–Kier alpha value is -2.26. The largest absolute Gasteiger partial charge is 0.289 e. The molecule has 3 heteroatoms. The minimum absolute atomic E-state index is 0.0911. The molecule has 0 bridgehead atoms. The van der Waals surface area contributed by atoms with Gasteiger partial charge >= 0.3 is 0 Å². The maximum absolute atomic E-state index is 12.9. The molecule has 0 N–H and O–H groups in total. The maximum Gasteiger partial charge on any atom is 0.196 e.